The molecule has 0 aliphatic rings. The lowest BCUT2D eigenvalue weighted by Crippen LogP contribution is -2.21. The average Bonchev–Trinajstić information content (AvgIpc) is 3.34. The third kappa shape index (κ3) is 7.25. The van der Waals surface area contributed by atoms with Gasteiger partial charge >= 0.3 is 0 Å². The first-order valence-corrected chi connectivity index (χ1v) is 12.7. The van der Waals surface area contributed by atoms with E-state index in [1.54, 1.807) is 0 Å². The summed E-state index contributed by atoms with van der Waals surface area (Å²) < 4.78 is 2.05. The second-order valence-corrected chi connectivity index (χ2v) is 9.95. The third-order valence-electron chi connectivity index (χ3n) is 5.69. The minimum atomic E-state index is -0.0363. The molecule has 0 bridgehead atoms. The van der Waals surface area contributed by atoms with E-state index in [0.29, 0.717) is 30.4 Å². The molecule has 1 aromatic carbocycles. The molecule has 0 unspecified atom stereocenters. The highest BCUT2D eigenvalue weighted by Crippen LogP contribution is 2.26. The monoisotopic (exact) mass is 481 g/mol. The number of rotatable bonds is 11. The Bertz CT molecular complexity index is 1110. The summed E-state index contributed by atoms with van der Waals surface area (Å²) in [6.07, 6.45) is 2.89. The van der Waals surface area contributed by atoms with Crippen molar-refractivity contribution in [3.63, 3.8) is 0 Å². The fourth-order valence-corrected chi connectivity index (χ4v) is 4.64. The number of nitrogens with zero attached hydrogens (tertiary/aromatic N) is 3. The van der Waals surface area contributed by atoms with E-state index in [4.69, 9.17) is 0 Å². The molecular weight excluding hydrogens is 446 g/mol. The summed E-state index contributed by atoms with van der Waals surface area (Å²) in [5, 5.41) is 13.0. The summed E-state index contributed by atoms with van der Waals surface area (Å²) in [7, 11) is 0. The number of amides is 2. The van der Waals surface area contributed by atoms with E-state index in [-0.39, 0.29) is 11.8 Å². The zero-order valence-electron chi connectivity index (χ0n) is 20.8. The number of carbonyl (C=O) groups excluding carboxylic acids is 2. The molecule has 8 heteroatoms. The van der Waals surface area contributed by atoms with E-state index in [1.807, 2.05) is 12.3 Å². The summed E-state index contributed by atoms with van der Waals surface area (Å²) in [6.45, 7) is 11.6. The first-order chi connectivity index (χ1) is 16.2. The molecule has 3 rings (SSSR count). The Hall–Kier alpha value is -3.00. The molecular formula is C26H35N5O2S. The van der Waals surface area contributed by atoms with Gasteiger partial charge in [0.2, 0.25) is 11.8 Å². The summed E-state index contributed by atoms with van der Waals surface area (Å²) in [4.78, 5) is 28.1. The van der Waals surface area contributed by atoms with Crippen molar-refractivity contribution in [3.8, 4) is 11.3 Å². The topological polar surface area (TPSA) is 88.9 Å². The average molecular weight is 482 g/mol. The first-order valence-electron chi connectivity index (χ1n) is 11.8. The maximum Gasteiger partial charge on any atom is 0.226 e. The number of hydrogen-bond acceptors (Lipinski definition) is 5. The van der Waals surface area contributed by atoms with Crippen LogP contribution in [-0.4, -0.2) is 33.1 Å². The second kappa shape index (κ2) is 11.9. The van der Waals surface area contributed by atoms with E-state index in [9.17, 15) is 9.59 Å². The number of carbonyl (C=O) groups is 2. The van der Waals surface area contributed by atoms with Crippen LogP contribution in [0.5, 0.6) is 0 Å². The fraction of sp³-hybridized carbons (Fsp3) is 0.462. The number of aromatic nitrogens is 3. The van der Waals surface area contributed by atoms with Crippen molar-refractivity contribution in [1.29, 1.82) is 0 Å². The van der Waals surface area contributed by atoms with Gasteiger partial charge in [0.15, 0.2) is 5.13 Å². The summed E-state index contributed by atoms with van der Waals surface area (Å²) in [5.74, 6) is 0.495. The van der Waals surface area contributed by atoms with Gasteiger partial charge in [-0.2, -0.15) is 5.10 Å². The lowest BCUT2D eigenvalue weighted by atomic mass is 10.1. The van der Waals surface area contributed by atoms with Gasteiger partial charge in [0.1, 0.15) is 0 Å². The van der Waals surface area contributed by atoms with Crippen LogP contribution < -0.4 is 10.6 Å². The van der Waals surface area contributed by atoms with Gasteiger partial charge in [-0.05, 0) is 50.2 Å². The van der Waals surface area contributed by atoms with Gasteiger partial charge in [0.25, 0.3) is 0 Å². The van der Waals surface area contributed by atoms with Gasteiger partial charge < -0.3 is 10.6 Å². The molecule has 2 N–H and O–H groups in total. The Morgan fingerprint density at radius 1 is 1.12 bits per heavy atom. The fourth-order valence-electron chi connectivity index (χ4n) is 3.90. The van der Waals surface area contributed by atoms with Gasteiger partial charge in [0, 0.05) is 43.1 Å². The number of aryl methyl sites for hydroxylation is 2. The Kier molecular flexibility index (Phi) is 8.98. The lowest BCUT2D eigenvalue weighted by Gasteiger charge is -2.08. The zero-order chi connectivity index (χ0) is 24.7. The molecule has 0 spiro atoms. The van der Waals surface area contributed by atoms with Crippen LogP contribution in [-0.2, 0) is 29.0 Å². The van der Waals surface area contributed by atoms with Crippen LogP contribution in [0.3, 0.4) is 0 Å². The minimum Gasteiger partial charge on any atom is -0.356 e. The number of thiazole rings is 1. The SMILES string of the molecule is CC(=O)NCCCc1ccc(-c2csc(NC(=O)CCc3c(C)nn(CC(C)C)c3C)n2)cc1. The molecule has 34 heavy (non-hydrogen) atoms. The highest BCUT2D eigenvalue weighted by Gasteiger charge is 2.15. The predicted octanol–water partition coefficient (Wildman–Crippen LogP) is 4.92. The largest absolute Gasteiger partial charge is 0.356 e. The van der Waals surface area contributed by atoms with Crippen molar-refractivity contribution in [3.05, 3.63) is 52.2 Å². The Morgan fingerprint density at radius 2 is 1.85 bits per heavy atom. The summed E-state index contributed by atoms with van der Waals surface area (Å²) >= 11 is 1.44. The van der Waals surface area contributed by atoms with Crippen molar-refractivity contribution in [1.82, 2.24) is 20.1 Å². The molecule has 0 saturated heterocycles. The van der Waals surface area contributed by atoms with E-state index < -0.39 is 0 Å². The van der Waals surface area contributed by atoms with Crippen molar-refractivity contribution >= 4 is 28.3 Å². The van der Waals surface area contributed by atoms with Gasteiger partial charge in [-0.15, -0.1) is 11.3 Å². The van der Waals surface area contributed by atoms with Crippen LogP contribution in [0.25, 0.3) is 11.3 Å². The Morgan fingerprint density at radius 3 is 2.53 bits per heavy atom. The summed E-state index contributed by atoms with van der Waals surface area (Å²) in [5.41, 5.74) is 6.40. The molecule has 2 heterocycles. The summed E-state index contributed by atoms with van der Waals surface area (Å²) in [6, 6.07) is 8.28. The van der Waals surface area contributed by atoms with E-state index in [1.165, 1.54) is 23.8 Å². The molecule has 0 aliphatic heterocycles. The van der Waals surface area contributed by atoms with E-state index in [2.05, 4.69) is 70.4 Å². The first kappa shape index (κ1) is 25.6. The van der Waals surface area contributed by atoms with Crippen LogP contribution in [0, 0.1) is 19.8 Å². The van der Waals surface area contributed by atoms with Crippen molar-refractivity contribution < 1.29 is 9.59 Å². The molecule has 0 fully saturated rings. The highest BCUT2D eigenvalue weighted by atomic mass is 32.1. The van der Waals surface area contributed by atoms with Crippen molar-refractivity contribution in [2.45, 2.75) is 66.8 Å². The van der Waals surface area contributed by atoms with Crippen LogP contribution in [0.1, 0.15) is 56.1 Å². The minimum absolute atomic E-state index is 0.00440. The van der Waals surface area contributed by atoms with E-state index >= 15 is 0 Å². The standard InChI is InChI=1S/C26H35N5O2S/c1-17(2)15-31-19(4)23(18(3)30-31)12-13-25(33)29-26-28-24(16-34-26)22-10-8-21(9-11-22)7-6-14-27-20(5)32/h8-11,16-17H,6-7,12-15H2,1-5H3,(H,27,32)(H,28,29,33). The van der Waals surface area contributed by atoms with Crippen LogP contribution >= 0.6 is 11.3 Å². The second-order valence-electron chi connectivity index (χ2n) is 9.09. The van der Waals surface area contributed by atoms with Crippen molar-refractivity contribution in [2.24, 2.45) is 5.92 Å². The molecule has 2 amide bonds. The Balaban J connectivity index is 1.51. The number of nitrogens with one attached hydrogen (secondary N) is 2. The highest BCUT2D eigenvalue weighted by molar-refractivity contribution is 7.14. The molecule has 2 aromatic heterocycles. The maximum atomic E-state index is 12.6. The van der Waals surface area contributed by atoms with Crippen LogP contribution in [0.4, 0.5) is 5.13 Å². The molecule has 3 aromatic rings. The molecule has 0 radical (unpaired) electrons. The lowest BCUT2D eigenvalue weighted by molar-refractivity contribution is -0.119. The number of hydrogen-bond donors (Lipinski definition) is 2. The van der Waals surface area contributed by atoms with Gasteiger partial charge in [-0.1, -0.05) is 38.1 Å². The molecule has 0 saturated carbocycles. The molecule has 7 nitrogen and oxygen atoms in total. The van der Waals surface area contributed by atoms with Crippen LogP contribution in [0.15, 0.2) is 29.6 Å². The van der Waals surface area contributed by atoms with Gasteiger partial charge in [0.05, 0.1) is 11.4 Å². The smallest absolute Gasteiger partial charge is 0.226 e. The molecule has 0 aliphatic carbocycles. The maximum absolute atomic E-state index is 12.6. The van der Waals surface area contributed by atoms with Crippen LogP contribution in [0.2, 0.25) is 0 Å². The third-order valence-corrected chi connectivity index (χ3v) is 6.45. The van der Waals surface area contributed by atoms with Gasteiger partial charge in [-0.3, -0.25) is 14.3 Å². The molecule has 0 atom stereocenters. The van der Waals surface area contributed by atoms with E-state index in [0.717, 1.165) is 47.6 Å². The molecule has 182 valence electrons. The number of anilines is 1. The quantitative estimate of drug-likeness (QED) is 0.381. The Labute approximate surface area is 206 Å². The zero-order valence-corrected chi connectivity index (χ0v) is 21.6. The normalized spacial score (nSPS) is 11.1. The predicted molar refractivity (Wildman–Crippen MR) is 138 cm³/mol. The van der Waals surface area contributed by atoms with Crippen molar-refractivity contribution in [2.75, 3.05) is 11.9 Å². The van der Waals surface area contributed by atoms with Gasteiger partial charge in [-0.25, -0.2) is 4.98 Å². The number of benzene rings is 1.